The van der Waals surface area contributed by atoms with E-state index < -0.39 is 0 Å². The fraction of sp³-hybridized carbons (Fsp3) is 0.0800. The quantitative estimate of drug-likeness (QED) is 0.313. The van der Waals surface area contributed by atoms with E-state index in [9.17, 15) is 9.18 Å². The molecule has 0 aliphatic carbocycles. The molecule has 3 aromatic carbocycles. The Labute approximate surface area is 168 Å². The molecule has 144 valence electrons. The number of rotatable bonds is 6. The molecule has 0 amide bonds. The molecule has 4 aromatic rings. The van der Waals surface area contributed by atoms with Gasteiger partial charge in [0.15, 0.2) is 5.78 Å². The maximum atomic E-state index is 13.2. The Morgan fingerprint density at radius 2 is 1.72 bits per heavy atom. The van der Waals surface area contributed by atoms with Crippen LogP contribution in [0.15, 0.2) is 85.1 Å². The van der Waals surface area contributed by atoms with Gasteiger partial charge in [0.05, 0.1) is 7.11 Å². The van der Waals surface area contributed by atoms with E-state index in [0.717, 1.165) is 27.8 Å². The van der Waals surface area contributed by atoms with Crippen LogP contribution in [-0.4, -0.2) is 17.5 Å². The van der Waals surface area contributed by atoms with Gasteiger partial charge in [-0.05, 0) is 60.2 Å². The Morgan fingerprint density at radius 1 is 1.00 bits per heavy atom. The number of halogens is 1. The van der Waals surface area contributed by atoms with E-state index in [1.54, 1.807) is 49.6 Å². The Morgan fingerprint density at radius 3 is 2.45 bits per heavy atom. The molecule has 0 bridgehead atoms. The number of fused-ring (bicyclic) bond motifs is 1. The van der Waals surface area contributed by atoms with Gasteiger partial charge in [0.25, 0.3) is 0 Å². The summed E-state index contributed by atoms with van der Waals surface area (Å²) in [5.41, 5.74) is 3.65. The minimum Gasteiger partial charge on any atom is -0.497 e. The van der Waals surface area contributed by atoms with Crippen LogP contribution in [0.3, 0.4) is 0 Å². The Bertz CT molecular complexity index is 1170. The number of hydrogen-bond donors (Lipinski definition) is 0. The van der Waals surface area contributed by atoms with Crippen molar-refractivity contribution in [3.8, 4) is 5.75 Å². The second kappa shape index (κ2) is 8.15. The maximum Gasteiger partial charge on any atom is 0.185 e. The highest BCUT2D eigenvalue weighted by molar-refractivity contribution is 6.07. The van der Waals surface area contributed by atoms with Gasteiger partial charge in [-0.1, -0.05) is 30.3 Å². The Hall–Kier alpha value is -3.66. The molecule has 0 aliphatic rings. The Balaban J connectivity index is 1.62. The molecule has 0 aliphatic heterocycles. The smallest absolute Gasteiger partial charge is 0.185 e. The number of ether oxygens (including phenoxy) is 1. The molecule has 0 fully saturated rings. The summed E-state index contributed by atoms with van der Waals surface area (Å²) in [6.07, 6.45) is 5.45. The molecule has 4 rings (SSSR count). The van der Waals surface area contributed by atoms with Crippen molar-refractivity contribution >= 4 is 22.8 Å². The lowest BCUT2D eigenvalue weighted by Crippen LogP contribution is -1.97. The van der Waals surface area contributed by atoms with Gasteiger partial charge < -0.3 is 9.30 Å². The molecular formula is C25H20FNO2. The van der Waals surface area contributed by atoms with Gasteiger partial charge in [0, 0.05) is 34.8 Å². The van der Waals surface area contributed by atoms with Crippen LogP contribution in [0.5, 0.6) is 5.75 Å². The molecule has 0 radical (unpaired) electrons. The van der Waals surface area contributed by atoms with E-state index in [4.69, 9.17) is 4.74 Å². The van der Waals surface area contributed by atoms with E-state index in [2.05, 4.69) is 4.57 Å². The van der Waals surface area contributed by atoms with Gasteiger partial charge >= 0.3 is 0 Å². The van der Waals surface area contributed by atoms with Crippen molar-refractivity contribution in [3.63, 3.8) is 0 Å². The summed E-state index contributed by atoms with van der Waals surface area (Å²) >= 11 is 0. The van der Waals surface area contributed by atoms with Gasteiger partial charge in [-0.3, -0.25) is 4.79 Å². The number of carbonyl (C=O) groups excluding carboxylic acids is 1. The molecule has 0 saturated heterocycles. The van der Waals surface area contributed by atoms with Crippen molar-refractivity contribution in [3.05, 3.63) is 108 Å². The molecule has 0 spiro atoms. The molecule has 0 N–H and O–H groups in total. The third-order valence-corrected chi connectivity index (χ3v) is 4.87. The minimum atomic E-state index is -0.244. The normalized spacial score (nSPS) is 11.2. The van der Waals surface area contributed by atoms with Gasteiger partial charge in [-0.2, -0.15) is 0 Å². The number of benzene rings is 3. The van der Waals surface area contributed by atoms with E-state index in [0.29, 0.717) is 12.1 Å². The number of aromatic nitrogens is 1. The first-order valence-corrected chi connectivity index (χ1v) is 9.33. The second-order valence-electron chi connectivity index (χ2n) is 6.78. The van der Waals surface area contributed by atoms with Crippen molar-refractivity contribution in [1.29, 1.82) is 0 Å². The number of para-hydroxylation sites is 1. The first-order valence-electron chi connectivity index (χ1n) is 9.33. The third kappa shape index (κ3) is 4.11. The summed E-state index contributed by atoms with van der Waals surface area (Å²) in [5, 5.41) is 1.06. The fourth-order valence-corrected chi connectivity index (χ4v) is 3.34. The lowest BCUT2D eigenvalue weighted by Gasteiger charge is -2.05. The highest BCUT2D eigenvalue weighted by Gasteiger charge is 2.08. The van der Waals surface area contributed by atoms with Crippen molar-refractivity contribution in [1.82, 2.24) is 4.57 Å². The van der Waals surface area contributed by atoms with Gasteiger partial charge in [-0.15, -0.1) is 0 Å². The predicted octanol–water partition coefficient (Wildman–Crippen LogP) is 5.73. The molecule has 4 heteroatoms. The minimum absolute atomic E-state index is 0.0666. The fourth-order valence-electron chi connectivity index (χ4n) is 3.34. The van der Waals surface area contributed by atoms with Gasteiger partial charge in [0.2, 0.25) is 0 Å². The summed E-state index contributed by atoms with van der Waals surface area (Å²) in [5.74, 6) is 0.407. The number of allylic oxidation sites excluding steroid dienone is 1. The van der Waals surface area contributed by atoms with Crippen LogP contribution in [0, 0.1) is 5.82 Å². The van der Waals surface area contributed by atoms with Crippen molar-refractivity contribution in [2.24, 2.45) is 0 Å². The van der Waals surface area contributed by atoms with E-state index in [1.807, 2.05) is 36.5 Å². The van der Waals surface area contributed by atoms with Crippen LogP contribution >= 0.6 is 0 Å². The molecule has 1 heterocycles. The zero-order valence-electron chi connectivity index (χ0n) is 16.0. The first kappa shape index (κ1) is 18.7. The van der Waals surface area contributed by atoms with E-state index in [1.165, 1.54) is 12.1 Å². The van der Waals surface area contributed by atoms with Crippen LogP contribution in [-0.2, 0) is 6.54 Å². The third-order valence-electron chi connectivity index (χ3n) is 4.87. The van der Waals surface area contributed by atoms with Crippen LogP contribution < -0.4 is 4.74 Å². The molecule has 1 aromatic heterocycles. The highest BCUT2D eigenvalue weighted by Crippen LogP contribution is 2.24. The summed E-state index contributed by atoms with van der Waals surface area (Å²) in [4.78, 5) is 12.5. The van der Waals surface area contributed by atoms with Crippen LogP contribution in [0.4, 0.5) is 4.39 Å². The van der Waals surface area contributed by atoms with Crippen LogP contribution in [0.1, 0.15) is 21.5 Å². The van der Waals surface area contributed by atoms with Crippen LogP contribution in [0.25, 0.3) is 17.0 Å². The summed E-state index contributed by atoms with van der Waals surface area (Å²) in [6.45, 7) is 0.626. The molecule has 0 atom stereocenters. The van der Waals surface area contributed by atoms with Gasteiger partial charge in [0.1, 0.15) is 11.6 Å². The zero-order valence-corrected chi connectivity index (χ0v) is 16.0. The predicted molar refractivity (Wildman–Crippen MR) is 114 cm³/mol. The van der Waals surface area contributed by atoms with Crippen molar-refractivity contribution < 1.29 is 13.9 Å². The largest absolute Gasteiger partial charge is 0.497 e. The molecule has 0 unspecified atom stereocenters. The molecular weight excluding hydrogens is 365 g/mol. The standard InChI is InChI=1S/C25H20FNO2/c1-29-22-13-8-19(9-14-22)25(28)15-10-20-17-27(24-5-3-2-4-23(20)24)16-18-6-11-21(26)12-7-18/h2-15,17H,16H2,1H3/b15-10+. The Kier molecular flexibility index (Phi) is 5.25. The number of carbonyl (C=O) groups is 1. The SMILES string of the molecule is COc1ccc(C(=O)/C=C/c2cn(Cc3ccc(F)cc3)c3ccccc23)cc1. The van der Waals surface area contributed by atoms with Crippen molar-refractivity contribution in [2.45, 2.75) is 6.54 Å². The molecule has 3 nitrogen and oxygen atoms in total. The lowest BCUT2D eigenvalue weighted by atomic mass is 10.1. The number of nitrogens with zero attached hydrogens (tertiary/aromatic N) is 1. The van der Waals surface area contributed by atoms with Crippen LogP contribution in [0.2, 0.25) is 0 Å². The van der Waals surface area contributed by atoms with Gasteiger partial charge in [-0.25, -0.2) is 4.39 Å². The monoisotopic (exact) mass is 385 g/mol. The highest BCUT2D eigenvalue weighted by atomic mass is 19.1. The number of hydrogen-bond acceptors (Lipinski definition) is 2. The number of methoxy groups -OCH3 is 1. The molecule has 29 heavy (non-hydrogen) atoms. The zero-order chi connectivity index (χ0) is 20.2. The second-order valence-corrected chi connectivity index (χ2v) is 6.78. The summed E-state index contributed by atoms with van der Waals surface area (Å²) in [7, 11) is 1.60. The lowest BCUT2D eigenvalue weighted by molar-refractivity contribution is 0.104. The number of ketones is 1. The van der Waals surface area contributed by atoms with E-state index in [-0.39, 0.29) is 11.6 Å². The summed E-state index contributed by atoms with van der Waals surface area (Å²) < 4.78 is 20.4. The molecule has 0 saturated carbocycles. The van der Waals surface area contributed by atoms with Crippen molar-refractivity contribution in [2.75, 3.05) is 7.11 Å². The van der Waals surface area contributed by atoms with E-state index >= 15 is 0 Å². The first-order chi connectivity index (χ1) is 14.1. The topological polar surface area (TPSA) is 31.2 Å². The average Bonchev–Trinajstić information content (AvgIpc) is 3.11. The average molecular weight is 385 g/mol. The maximum absolute atomic E-state index is 13.2. The summed E-state index contributed by atoms with van der Waals surface area (Å²) in [6, 6.07) is 21.6.